The van der Waals surface area contributed by atoms with Crippen molar-refractivity contribution in [2.45, 2.75) is 0 Å². The first-order valence-electron chi connectivity index (χ1n) is 16.8. The molecule has 0 N–H and O–H groups in total. The SMILES string of the molecule is c1ccc(-c2cccc(N(c3ccc(-c4ccc5ccc6c7ccccc7ccc6c5c4)cc3)c3cccc(-c4ccccc4)c3)c2)cc1. The van der Waals surface area contributed by atoms with Crippen LogP contribution in [-0.4, -0.2) is 0 Å². The Balaban J connectivity index is 1.14. The third-order valence-electron chi connectivity index (χ3n) is 9.63. The van der Waals surface area contributed by atoms with Gasteiger partial charge in [-0.15, -0.1) is 0 Å². The number of anilines is 3. The van der Waals surface area contributed by atoms with Crippen LogP contribution in [0.4, 0.5) is 17.1 Å². The number of hydrogen-bond acceptors (Lipinski definition) is 1. The zero-order valence-corrected chi connectivity index (χ0v) is 27.0. The molecular formula is C48H33N. The largest absolute Gasteiger partial charge is 0.310 e. The summed E-state index contributed by atoms with van der Waals surface area (Å²) in [7, 11) is 0. The zero-order valence-electron chi connectivity index (χ0n) is 27.0. The quantitative estimate of drug-likeness (QED) is 0.167. The highest BCUT2D eigenvalue weighted by molar-refractivity contribution is 6.17. The Bertz CT molecular complexity index is 2500. The molecule has 0 bridgehead atoms. The van der Waals surface area contributed by atoms with Crippen LogP contribution in [0.5, 0.6) is 0 Å². The molecule has 0 saturated heterocycles. The van der Waals surface area contributed by atoms with Crippen LogP contribution in [0.25, 0.3) is 65.7 Å². The molecule has 230 valence electrons. The van der Waals surface area contributed by atoms with Gasteiger partial charge in [0.15, 0.2) is 0 Å². The van der Waals surface area contributed by atoms with Crippen molar-refractivity contribution in [3.63, 3.8) is 0 Å². The van der Waals surface area contributed by atoms with Crippen molar-refractivity contribution in [1.82, 2.24) is 0 Å². The maximum absolute atomic E-state index is 2.36. The highest BCUT2D eigenvalue weighted by Crippen LogP contribution is 2.40. The van der Waals surface area contributed by atoms with E-state index in [1.54, 1.807) is 0 Å². The van der Waals surface area contributed by atoms with Crippen LogP contribution in [0.15, 0.2) is 200 Å². The van der Waals surface area contributed by atoms with E-state index in [-0.39, 0.29) is 0 Å². The van der Waals surface area contributed by atoms with Crippen LogP contribution < -0.4 is 4.90 Å². The monoisotopic (exact) mass is 623 g/mol. The summed E-state index contributed by atoms with van der Waals surface area (Å²) in [5.41, 5.74) is 10.5. The highest BCUT2D eigenvalue weighted by atomic mass is 15.1. The van der Waals surface area contributed by atoms with E-state index < -0.39 is 0 Å². The van der Waals surface area contributed by atoms with Gasteiger partial charge in [-0.3, -0.25) is 0 Å². The Morgan fingerprint density at radius 1 is 0.224 bits per heavy atom. The van der Waals surface area contributed by atoms with Gasteiger partial charge >= 0.3 is 0 Å². The predicted octanol–water partition coefficient (Wildman–Crippen LogP) is 13.6. The van der Waals surface area contributed by atoms with E-state index in [0.29, 0.717) is 0 Å². The maximum atomic E-state index is 2.36. The lowest BCUT2D eigenvalue weighted by Crippen LogP contribution is -2.10. The number of benzene rings is 9. The van der Waals surface area contributed by atoms with Gasteiger partial charge in [-0.25, -0.2) is 0 Å². The Kier molecular flexibility index (Phi) is 7.22. The van der Waals surface area contributed by atoms with E-state index in [0.717, 1.165) is 17.1 Å². The molecule has 0 aliphatic heterocycles. The van der Waals surface area contributed by atoms with Gasteiger partial charge in [-0.2, -0.15) is 0 Å². The molecule has 49 heavy (non-hydrogen) atoms. The van der Waals surface area contributed by atoms with Gasteiger partial charge in [0.25, 0.3) is 0 Å². The van der Waals surface area contributed by atoms with Crippen molar-refractivity contribution >= 4 is 49.4 Å². The van der Waals surface area contributed by atoms with E-state index >= 15 is 0 Å². The van der Waals surface area contributed by atoms with Gasteiger partial charge in [-0.1, -0.05) is 158 Å². The molecule has 0 fully saturated rings. The maximum Gasteiger partial charge on any atom is 0.0467 e. The third-order valence-corrected chi connectivity index (χ3v) is 9.63. The molecule has 0 heterocycles. The highest BCUT2D eigenvalue weighted by Gasteiger charge is 2.15. The van der Waals surface area contributed by atoms with Gasteiger partial charge in [0.2, 0.25) is 0 Å². The molecule has 1 nitrogen and oxygen atoms in total. The fraction of sp³-hybridized carbons (Fsp3) is 0. The standard InChI is InChI=1S/C48H33N/c1-3-11-34(12-4-1)39-16-9-18-43(31-39)49(44-19-10-17-40(32-44)35-13-5-2-6-14-35)42-27-23-36(24-28-42)41-22-21-38-26-29-46-45-20-8-7-15-37(45)25-30-47(46)48(38)33-41/h1-33H. The van der Waals surface area contributed by atoms with E-state index in [1.807, 2.05) is 0 Å². The van der Waals surface area contributed by atoms with Crippen LogP contribution >= 0.6 is 0 Å². The zero-order chi connectivity index (χ0) is 32.6. The van der Waals surface area contributed by atoms with Gasteiger partial charge in [0.05, 0.1) is 0 Å². The minimum Gasteiger partial charge on any atom is -0.310 e. The molecule has 9 aromatic rings. The molecule has 0 radical (unpaired) electrons. The van der Waals surface area contributed by atoms with Gasteiger partial charge in [-0.05, 0) is 108 Å². The average molecular weight is 624 g/mol. The summed E-state index contributed by atoms with van der Waals surface area (Å²) in [6.45, 7) is 0. The lowest BCUT2D eigenvalue weighted by Gasteiger charge is -2.27. The molecule has 9 rings (SSSR count). The van der Waals surface area contributed by atoms with Crippen LogP contribution in [0.3, 0.4) is 0 Å². The molecular weight excluding hydrogens is 591 g/mol. The second-order valence-corrected chi connectivity index (χ2v) is 12.6. The normalized spacial score (nSPS) is 11.3. The van der Waals surface area contributed by atoms with Gasteiger partial charge < -0.3 is 4.90 Å². The van der Waals surface area contributed by atoms with Crippen LogP contribution in [-0.2, 0) is 0 Å². The summed E-state index contributed by atoms with van der Waals surface area (Å²) < 4.78 is 0. The van der Waals surface area contributed by atoms with Crippen molar-refractivity contribution in [2.24, 2.45) is 0 Å². The first-order valence-corrected chi connectivity index (χ1v) is 16.8. The summed E-state index contributed by atoms with van der Waals surface area (Å²) in [5.74, 6) is 0. The van der Waals surface area contributed by atoms with E-state index in [4.69, 9.17) is 0 Å². The number of hydrogen-bond donors (Lipinski definition) is 0. The smallest absolute Gasteiger partial charge is 0.0467 e. The van der Waals surface area contributed by atoms with Crippen LogP contribution in [0.1, 0.15) is 0 Å². The molecule has 0 aliphatic carbocycles. The lowest BCUT2D eigenvalue weighted by molar-refractivity contribution is 1.28. The number of fused-ring (bicyclic) bond motifs is 5. The van der Waals surface area contributed by atoms with Crippen LogP contribution in [0, 0.1) is 0 Å². The lowest BCUT2D eigenvalue weighted by atomic mass is 9.94. The molecule has 0 spiro atoms. The second-order valence-electron chi connectivity index (χ2n) is 12.6. The molecule has 0 aromatic heterocycles. The third kappa shape index (κ3) is 5.42. The second kappa shape index (κ2) is 12.3. The van der Waals surface area contributed by atoms with Crippen LogP contribution in [0.2, 0.25) is 0 Å². The molecule has 0 atom stereocenters. The summed E-state index contributed by atoms with van der Waals surface area (Å²) in [6.07, 6.45) is 0. The Morgan fingerprint density at radius 2 is 0.673 bits per heavy atom. The van der Waals surface area contributed by atoms with E-state index in [1.165, 1.54) is 65.7 Å². The van der Waals surface area contributed by atoms with Gasteiger partial charge in [0, 0.05) is 17.1 Å². The van der Waals surface area contributed by atoms with Crippen molar-refractivity contribution in [3.05, 3.63) is 200 Å². The summed E-state index contributed by atoms with van der Waals surface area (Å²) in [6, 6.07) is 72.4. The molecule has 0 unspecified atom stereocenters. The number of rotatable bonds is 6. The molecule has 0 amide bonds. The Labute approximate surface area is 287 Å². The first kappa shape index (κ1) is 28.8. The summed E-state index contributed by atoms with van der Waals surface area (Å²) >= 11 is 0. The Morgan fingerprint density at radius 3 is 1.31 bits per heavy atom. The fourth-order valence-corrected chi connectivity index (χ4v) is 7.16. The van der Waals surface area contributed by atoms with Crippen molar-refractivity contribution in [3.8, 4) is 33.4 Å². The van der Waals surface area contributed by atoms with E-state index in [2.05, 4.69) is 205 Å². The summed E-state index contributed by atoms with van der Waals surface area (Å²) in [4.78, 5) is 2.36. The molecule has 1 heteroatoms. The molecule has 9 aromatic carbocycles. The number of nitrogens with zero attached hydrogens (tertiary/aromatic N) is 1. The van der Waals surface area contributed by atoms with Crippen molar-refractivity contribution < 1.29 is 0 Å². The fourth-order valence-electron chi connectivity index (χ4n) is 7.16. The molecule has 0 aliphatic rings. The minimum atomic E-state index is 1.11. The minimum absolute atomic E-state index is 1.11. The first-order chi connectivity index (χ1) is 24.3. The van der Waals surface area contributed by atoms with Crippen molar-refractivity contribution in [2.75, 3.05) is 4.90 Å². The van der Waals surface area contributed by atoms with Gasteiger partial charge in [0.1, 0.15) is 0 Å². The van der Waals surface area contributed by atoms with E-state index in [9.17, 15) is 0 Å². The average Bonchev–Trinajstić information content (AvgIpc) is 3.19. The topological polar surface area (TPSA) is 3.24 Å². The predicted molar refractivity (Wildman–Crippen MR) is 210 cm³/mol. The Hall–Kier alpha value is -6.44. The summed E-state index contributed by atoms with van der Waals surface area (Å²) in [5, 5.41) is 7.69. The molecule has 0 saturated carbocycles. The van der Waals surface area contributed by atoms with Crippen molar-refractivity contribution in [1.29, 1.82) is 0 Å².